The van der Waals surface area contributed by atoms with Gasteiger partial charge in [0.2, 0.25) is 20.0 Å². The number of nitrogens with two attached hydrogens (primary N) is 1. The Labute approximate surface area is 423 Å². The van der Waals surface area contributed by atoms with E-state index < -0.39 is 117 Å². The van der Waals surface area contributed by atoms with Gasteiger partial charge in [0.25, 0.3) is 0 Å². The first-order valence-corrected chi connectivity index (χ1v) is 26.2. The van der Waals surface area contributed by atoms with Crippen LogP contribution in [-0.2, 0) is 42.6 Å². The van der Waals surface area contributed by atoms with Gasteiger partial charge in [-0.2, -0.15) is 35.0 Å². The molecule has 3 N–H and O–H groups in total. The number of hydrogen-bond acceptors (Lipinski definition) is 11. The van der Waals surface area contributed by atoms with Crippen molar-refractivity contribution < 1.29 is 84.2 Å². The average Bonchev–Trinajstić information content (AvgIpc) is 3.98. The molecule has 8 rings (SSSR count). The Hall–Kier alpha value is -5.58. The van der Waals surface area contributed by atoms with Gasteiger partial charge < -0.3 is 20.6 Å². The van der Waals surface area contributed by atoms with E-state index >= 15 is 0 Å². The number of nitrogens with zero attached hydrogens (tertiary/aromatic N) is 6. The lowest BCUT2D eigenvalue weighted by Gasteiger charge is -2.34. The fourth-order valence-electron chi connectivity index (χ4n) is 9.03. The van der Waals surface area contributed by atoms with E-state index in [1.54, 1.807) is 4.90 Å². The predicted molar refractivity (Wildman–Crippen MR) is 246 cm³/mol. The molecular formula is C47H51F12N7O7S2. The van der Waals surface area contributed by atoms with E-state index in [1.165, 1.54) is 17.0 Å². The summed E-state index contributed by atoms with van der Waals surface area (Å²) in [6.07, 6.45) is -10.8. The average molecular weight is 1120 g/mol. The first-order valence-electron chi connectivity index (χ1n) is 23.3. The van der Waals surface area contributed by atoms with Gasteiger partial charge in [0, 0.05) is 70.8 Å². The summed E-state index contributed by atoms with van der Waals surface area (Å²) in [7, 11) is -8.39. The van der Waals surface area contributed by atoms with Crippen LogP contribution < -0.4 is 15.5 Å². The normalized spacial score (nSPS) is 21.6. The molecule has 0 spiro atoms. The number of aryl methyl sites for hydroxylation is 1. The monoisotopic (exact) mass is 1120 g/mol. The second kappa shape index (κ2) is 24.2. The number of pyridine rings is 2. The van der Waals surface area contributed by atoms with E-state index in [-0.39, 0.29) is 105 Å². The van der Waals surface area contributed by atoms with E-state index in [9.17, 15) is 79.1 Å². The molecule has 4 aliphatic heterocycles. The smallest absolute Gasteiger partial charge is 0.391 e. The topological polar surface area (TPSA) is 187 Å². The van der Waals surface area contributed by atoms with Crippen molar-refractivity contribution in [1.29, 1.82) is 0 Å². The highest BCUT2D eigenvalue weighted by molar-refractivity contribution is 7.89. The van der Waals surface area contributed by atoms with Crippen molar-refractivity contribution in [1.82, 2.24) is 18.6 Å². The first kappa shape index (κ1) is 58.7. The van der Waals surface area contributed by atoms with Crippen LogP contribution in [0.4, 0.5) is 64.1 Å². The van der Waals surface area contributed by atoms with Crippen LogP contribution >= 0.6 is 0 Å². The number of aromatic nitrogens is 2. The van der Waals surface area contributed by atoms with Crippen LogP contribution in [0.1, 0.15) is 56.3 Å². The molecule has 75 heavy (non-hydrogen) atoms. The minimum Gasteiger partial charge on any atom is -0.480 e. The number of carbonyl (C=O) groups is 2. The van der Waals surface area contributed by atoms with Crippen LogP contribution in [-0.4, -0.2) is 128 Å². The number of carbonyl (C=O) groups excluding carboxylic acids is 1. The minimum atomic E-state index is -4.30. The standard InChI is InChI=1S/C24H25F6N3O3S.C12H15F4N3.C11H11F2NO4S/c25-16-1-4-19(5-2-16)37(35,36)33-14-17(26)11-22(33)23(34)6-3-18-12-21(20(27)13-31-18)32-9-7-15(8-10-32)24(28,29)30;13-10-7-18-9(6-17)5-11(10)19-3-1-8(2-4-19)12(14,15)16;12-7-1-3-9(4-2-7)19(17,18)14-6-8(13)5-10(14)11(15)16/h1-2,4-5,12-13,15,17,22H,3,6-11,14H2;5,7-8H,1-4,6,17H2;1-4,8,10H,5-6H2,(H,15,16)/t17-,22+;;8-,10?/m1.1/s1. The predicted octanol–water partition coefficient (Wildman–Crippen LogP) is 7.91. The van der Waals surface area contributed by atoms with Crippen molar-refractivity contribution in [3.05, 3.63) is 108 Å². The molecule has 4 atom stereocenters. The number of anilines is 2. The van der Waals surface area contributed by atoms with Crippen molar-refractivity contribution in [2.45, 2.75) is 104 Å². The minimum absolute atomic E-state index is 0.00299. The van der Waals surface area contributed by atoms with Crippen LogP contribution in [0.15, 0.2) is 82.8 Å². The Bertz CT molecular complexity index is 2840. The maximum atomic E-state index is 14.4. The maximum Gasteiger partial charge on any atom is 0.391 e. The van der Waals surface area contributed by atoms with Crippen LogP contribution in [0.2, 0.25) is 0 Å². The second-order valence-corrected chi connectivity index (χ2v) is 21.9. The number of benzene rings is 2. The number of alkyl halides is 8. The fraction of sp³-hybridized carbons (Fsp3) is 0.489. The van der Waals surface area contributed by atoms with Crippen molar-refractivity contribution in [2.24, 2.45) is 17.6 Å². The third-order valence-electron chi connectivity index (χ3n) is 13.1. The Morgan fingerprint density at radius 3 is 1.37 bits per heavy atom. The van der Waals surface area contributed by atoms with Gasteiger partial charge in [-0.1, -0.05) is 0 Å². The molecule has 0 bridgehead atoms. The molecule has 0 saturated carbocycles. The quantitative estimate of drug-likeness (QED) is 0.131. The summed E-state index contributed by atoms with van der Waals surface area (Å²) < 4.78 is 210. The summed E-state index contributed by atoms with van der Waals surface area (Å²) in [5, 5.41) is 8.92. The highest BCUT2D eigenvalue weighted by atomic mass is 32.2. The SMILES string of the molecule is NCc1cc(N2CCC(C(F)(F)F)CC2)c(F)cn1.O=C(CCc1cc(N2CCC(C(F)(F)F)CC2)c(F)cn1)[C@@H]1C[C@@H](F)CN1S(=O)(=O)c1ccc(F)cc1.O=C(O)C1C[C@@H](F)CN1S(=O)(=O)c1ccc(F)cc1. The number of ketones is 1. The highest BCUT2D eigenvalue weighted by Gasteiger charge is 2.46. The molecule has 0 radical (unpaired) electrons. The van der Waals surface area contributed by atoms with Crippen LogP contribution in [0.3, 0.4) is 0 Å². The molecule has 4 saturated heterocycles. The molecule has 2 aromatic carbocycles. The summed E-state index contributed by atoms with van der Waals surface area (Å²) in [6, 6.07) is 8.13. The number of aliphatic carboxylic acids is 1. The lowest BCUT2D eigenvalue weighted by Crippen LogP contribution is -2.40. The molecule has 1 unspecified atom stereocenters. The van der Waals surface area contributed by atoms with Crippen molar-refractivity contribution in [3.63, 3.8) is 0 Å². The van der Waals surface area contributed by atoms with Crippen molar-refractivity contribution in [3.8, 4) is 0 Å². The molecule has 0 amide bonds. The van der Waals surface area contributed by atoms with Gasteiger partial charge in [0.05, 0.1) is 57.1 Å². The molecule has 14 nitrogen and oxygen atoms in total. The number of sulfonamides is 2. The van der Waals surface area contributed by atoms with Crippen molar-refractivity contribution in [2.75, 3.05) is 49.1 Å². The van der Waals surface area contributed by atoms with E-state index in [0.717, 1.165) is 65.2 Å². The number of carboxylic acids is 1. The third-order valence-corrected chi connectivity index (χ3v) is 16.9. The van der Waals surface area contributed by atoms with Crippen LogP contribution in [0, 0.1) is 35.1 Å². The molecule has 2 aromatic heterocycles. The van der Waals surface area contributed by atoms with Crippen LogP contribution in [0.25, 0.3) is 0 Å². The molecule has 28 heteroatoms. The fourth-order valence-corrected chi connectivity index (χ4v) is 12.3. The Kier molecular flexibility index (Phi) is 18.9. The lowest BCUT2D eigenvalue weighted by atomic mass is 9.96. The zero-order valence-corrected chi connectivity index (χ0v) is 41.1. The molecular weight excluding hydrogens is 1070 g/mol. The molecule has 412 valence electrons. The Balaban J connectivity index is 0.000000202. The summed E-state index contributed by atoms with van der Waals surface area (Å²) >= 11 is 0. The Morgan fingerprint density at radius 1 is 0.613 bits per heavy atom. The molecule has 4 fully saturated rings. The lowest BCUT2D eigenvalue weighted by molar-refractivity contribution is -0.179. The first-order chi connectivity index (χ1) is 35.1. The number of carboxylic acid groups (broad SMARTS) is 1. The Morgan fingerprint density at radius 2 is 0.987 bits per heavy atom. The largest absolute Gasteiger partial charge is 0.480 e. The number of hydrogen-bond donors (Lipinski definition) is 2. The van der Waals surface area contributed by atoms with E-state index in [2.05, 4.69) is 9.97 Å². The van der Waals surface area contributed by atoms with Gasteiger partial charge in [-0.15, -0.1) is 0 Å². The number of Topliss-reactive ketones (excluding diaryl/α,β-unsaturated/α-hetero) is 1. The van der Waals surface area contributed by atoms with Gasteiger partial charge in [-0.25, -0.2) is 43.2 Å². The summed E-state index contributed by atoms with van der Waals surface area (Å²) in [6.45, 7) is -0.435. The van der Waals surface area contributed by atoms with Gasteiger partial charge in [0.1, 0.15) is 30.0 Å². The van der Waals surface area contributed by atoms with Gasteiger partial charge >= 0.3 is 18.3 Å². The second-order valence-electron chi connectivity index (χ2n) is 18.1. The van der Waals surface area contributed by atoms with Gasteiger partial charge in [-0.3, -0.25) is 19.6 Å². The van der Waals surface area contributed by atoms with E-state index in [0.29, 0.717) is 15.7 Å². The molecule has 4 aliphatic rings. The summed E-state index contributed by atoms with van der Waals surface area (Å²) in [5.41, 5.74) is 6.62. The highest BCUT2D eigenvalue weighted by Crippen LogP contribution is 2.38. The zero-order valence-electron chi connectivity index (χ0n) is 39.5. The third kappa shape index (κ3) is 14.7. The number of rotatable bonds is 12. The summed E-state index contributed by atoms with van der Waals surface area (Å²) in [4.78, 5) is 34.3. The van der Waals surface area contributed by atoms with E-state index in [1.807, 2.05) is 0 Å². The molecule has 0 aliphatic carbocycles. The van der Waals surface area contributed by atoms with Gasteiger partial charge in [-0.05, 0) is 92.8 Å². The summed E-state index contributed by atoms with van der Waals surface area (Å²) in [5.74, 6) is -7.16. The maximum absolute atomic E-state index is 14.4. The van der Waals surface area contributed by atoms with Crippen molar-refractivity contribution >= 4 is 43.2 Å². The van der Waals surface area contributed by atoms with E-state index in [4.69, 9.17) is 10.8 Å². The number of halogens is 12. The number of piperidine rings is 2. The van der Waals surface area contributed by atoms with Gasteiger partial charge in [0.15, 0.2) is 17.4 Å². The molecule has 4 aromatic rings. The molecule has 6 heterocycles. The van der Waals surface area contributed by atoms with Crippen LogP contribution in [0.5, 0.6) is 0 Å². The zero-order chi connectivity index (χ0) is 55.2.